The number of carboxylic acid groups (broad SMARTS) is 1. The van der Waals surface area contributed by atoms with Gasteiger partial charge in [-0.3, -0.25) is 0 Å². The van der Waals surface area contributed by atoms with E-state index in [9.17, 15) is 4.79 Å². The molecule has 0 bridgehead atoms. The maximum Gasteiger partial charge on any atom is 0.344 e. The molecule has 0 saturated carbocycles. The molecule has 1 atom stereocenters. The molecule has 1 heterocycles. The maximum absolute atomic E-state index is 10.8. The van der Waals surface area contributed by atoms with Crippen LogP contribution in [0.25, 0.3) is 11.0 Å². The summed E-state index contributed by atoms with van der Waals surface area (Å²) in [5.41, 5.74) is 1.35. The lowest BCUT2D eigenvalue weighted by Crippen LogP contribution is -2.22. The van der Waals surface area contributed by atoms with Crippen molar-refractivity contribution in [3.63, 3.8) is 0 Å². The second-order valence-electron chi connectivity index (χ2n) is 5.01. The van der Waals surface area contributed by atoms with E-state index in [1.807, 2.05) is 0 Å². The third-order valence-corrected chi connectivity index (χ3v) is 3.42. The molecule has 3 rings (SSSR count). The maximum atomic E-state index is 10.8. The first kappa shape index (κ1) is 16.0. The molecule has 3 aromatic rings. The Morgan fingerprint density at radius 2 is 1.83 bits per heavy atom. The number of fused-ring (bicyclic) bond motifs is 1. The molecule has 122 valence electrons. The highest BCUT2D eigenvalue weighted by molar-refractivity contribution is 6.31. The highest BCUT2D eigenvalue weighted by Gasteiger charge is 2.12. The van der Waals surface area contributed by atoms with Gasteiger partial charge in [0.2, 0.25) is 5.88 Å². The summed E-state index contributed by atoms with van der Waals surface area (Å²) in [4.78, 5) is 19.4. The number of hydrogen-bond donors (Lipinski definition) is 1. The van der Waals surface area contributed by atoms with Gasteiger partial charge in [-0.2, -0.15) is 0 Å². The Morgan fingerprint density at radius 1 is 1.12 bits per heavy atom. The summed E-state index contributed by atoms with van der Waals surface area (Å²) in [6.07, 6.45) is 0.598. The predicted octanol–water partition coefficient (Wildman–Crippen LogP) is 3.93. The highest BCUT2D eigenvalue weighted by Crippen LogP contribution is 2.24. The van der Waals surface area contributed by atoms with Crippen molar-refractivity contribution in [2.75, 3.05) is 0 Å². The van der Waals surface area contributed by atoms with Gasteiger partial charge in [0.25, 0.3) is 0 Å². The van der Waals surface area contributed by atoms with Crippen LogP contribution in [-0.4, -0.2) is 27.1 Å². The van der Waals surface area contributed by atoms with Gasteiger partial charge < -0.3 is 14.6 Å². The molecular formula is C17H13ClN2O4. The van der Waals surface area contributed by atoms with Crippen molar-refractivity contribution >= 4 is 28.6 Å². The fourth-order valence-electron chi connectivity index (χ4n) is 1.98. The van der Waals surface area contributed by atoms with Crippen LogP contribution in [0.1, 0.15) is 6.92 Å². The molecule has 7 heteroatoms. The molecule has 0 saturated heterocycles. The molecule has 0 amide bonds. The molecule has 0 fully saturated rings. The Labute approximate surface area is 142 Å². The minimum atomic E-state index is -1.03. The average molecular weight is 345 g/mol. The molecule has 0 radical (unpaired) electrons. The molecule has 1 unspecified atom stereocenters. The lowest BCUT2D eigenvalue weighted by atomic mass is 10.3. The van der Waals surface area contributed by atoms with Crippen LogP contribution in [-0.2, 0) is 4.79 Å². The number of nitrogens with zero attached hydrogens (tertiary/aromatic N) is 2. The molecule has 0 aliphatic carbocycles. The SMILES string of the molecule is CC(Oc1ccc(Oc2cnc3ccc(Cl)cc3n2)cc1)C(=O)O. The second-order valence-corrected chi connectivity index (χ2v) is 5.45. The number of hydrogen-bond acceptors (Lipinski definition) is 5. The van der Waals surface area contributed by atoms with E-state index in [0.717, 1.165) is 5.52 Å². The lowest BCUT2D eigenvalue weighted by molar-refractivity contribution is -0.144. The van der Waals surface area contributed by atoms with Crippen molar-refractivity contribution in [1.82, 2.24) is 9.97 Å². The molecule has 0 spiro atoms. The Bertz CT molecular complexity index is 883. The first-order valence-electron chi connectivity index (χ1n) is 7.11. The average Bonchev–Trinajstić information content (AvgIpc) is 2.56. The third-order valence-electron chi connectivity index (χ3n) is 3.19. The minimum absolute atomic E-state index is 0.331. The zero-order valence-corrected chi connectivity index (χ0v) is 13.4. The van der Waals surface area contributed by atoms with Crippen LogP contribution in [0.4, 0.5) is 0 Å². The minimum Gasteiger partial charge on any atom is -0.479 e. The second kappa shape index (κ2) is 6.72. The fourth-order valence-corrected chi connectivity index (χ4v) is 2.14. The van der Waals surface area contributed by atoms with Crippen molar-refractivity contribution < 1.29 is 19.4 Å². The molecule has 1 N–H and O–H groups in total. The Hall–Kier alpha value is -2.86. The number of aromatic nitrogens is 2. The summed E-state index contributed by atoms with van der Waals surface area (Å²) in [7, 11) is 0. The van der Waals surface area contributed by atoms with Crippen molar-refractivity contribution in [1.29, 1.82) is 0 Å². The van der Waals surface area contributed by atoms with Crippen LogP contribution in [0.2, 0.25) is 5.02 Å². The zero-order valence-electron chi connectivity index (χ0n) is 12.6. The number of carboxylic acids is 1. The lowest BCUT2D eigenvalue weighted by Gasteiger charge is -2.11. The van der Waals surface area contributed by atoms with E-state index in [1.165, 1.54) is 13.1 Å². The Balaban J connectivity index is 1.75. The standard InChI is InChI=1S/C17H13ClN2O4/c1-10(17(21)22)23-12-3-5-13(6-4-12)24-16-9-19-14-7-2-11(18)8-15(14)20-16/h2-10H,1H3,(H,21,22). The summed E-state index contributed by atoms with van der Waals surface area (Å²) < 4.78 is 10.9. The first-order chi connectivity index (χ1) is 11.5. The van der Waals surface area contributed by atoms with Crippen molar-refractivity contribution in [3.8, 4) is 17.4 Å². The van der Waals surface area contributed by atoms with Gasteiger partial charge in [0.15, 0.2) is 6.10 Å². The molecule has 0 aliphatic heterocycles. The van der Waals surface area contributed by atoms with Gasteiger partial charge >= 0.3 is 5.97 Å². The first-order valence-corrected chi connectivity index (χ1v) is 7.49. The monoisotopic (exact) mass is 344 g/mol. The number of halogens is 1. The summed E-state index contributed by atoms with van der Waals surface area (Å²) >= 11 is 5.95. The van der Waals surface area contributed by atoms with Gasteiger partial charge in [-0.1, -0.05) is 11.6 Å². The van der Waals surface area contributed by atoms with E-state index in [4.69, 9.17) is 26.2 Å². The van der Waals surface area contributed by atoms with Gasteiger partial charge in [0, 0.05) is 5.02 Å². The number of carbonyl (C=O) groups is 1. The summed E-state index contributed by atoms with van der Waals surface area (Å²) in [5, 5.41) is 9.40. The van der Waals surface area contributed by atoms with Crippen LogP contribution in [0.5, 0.6) is 17.4 Å². The number of rotatable bonds is 5. The Morgan fingerprint density at radius 3 is 2.54 bits per heavy atom. The van der Waals surface area contributed by atoms with Crippen LogP contribution >= 0.6 is 11.6 Å². The summed E-state index contributed by atoms with van der Waals surface area (Å²) in [5.74, 6) is 0.271. The number of aliphatic carboxylic acids is 1. The largest absolute Gasteiger partial charge is 0.479 e. The summed E-state index contributed by atoms with van der Waals surface area (Å²) in [6.45, 7) is 1.46. The van der Waals surface area contributed by atoms with Gasteiger partial charge in [-0.15, -0.1) is 0 Å². The van der Waals surface area contributed by atoms with Gasteiger partial charge in [0.05, 0.1) is 17.2 Å². The topological polar surface area (TPSA) is 81.5 Å². The van der Waals surface area contributed by atoms with E-state index in [1.54, 1.807) is 42.5 Å². The van der Waals surface area contributed by atoms with Crippen LogP contribution in [0.3, 0.4) is 0 Å². The number of ether oxygens (including phenoxy) is 2. The van der Waals surface area contributed by atoms with Crippen molar-refractivity contribution in [2.24, 2.45) is 0 Å². The van der Waals surface area contributed by atoms with E-state index in [2.05, 4.69) is 9.97 Å². The van der Waals surface area contributed by atoms with Crippen molar-refractivity contribution in [3.05, 3.63) is 53.7 Å². The predicted molar refractivity (Wildman–Crippen MR) is 88.8 cm³/mol. The Kier molecular flexibility index (Phi) is 4.48. The quantitative estimate of drug-likeness (QED) is 0.755. The van der Waals surface area contributed by atoms with Crippen LogP contribution in [0.15, 0.2) is 48.7 Å². The van der Waals surface area contributed by atoms with Gasteiger partial charge in [-0.05, 0) is 49.4 Å². The number of benzene rings is 2. The van der Waals surface area contributed by atoms with Crippen LogP contribution < -0.4 is 9.47 Å². The molecule has 1 aromatic heterocycles. The molecular weight excluding hydrogens is 332 g/mol. The third kappa shape index (κ3) is 3.72. The molecule has 2 aromatic carbocycles. The summed E-state index contributed by atoms with van der Waals surface area (Å²) in [6, 6.07) is 11.8. The zero-order chi connectivity index (χ0) is 17.1. The smallest absolute Gasteiger partial charge is 0.344 e. The highest BCUT2D eigenvalue weighted by atomic mass is 35.5. The van der Waals surface area contributed by atoms with E-state index >= 15 is 0 Å². The molecule has 0 aliphatic rings. The molecule has 24 heavy (non-hydrogen) atoms. The normalized spacial score (nSPS) is 11.9. The van der Waals surface area contributed by atoms with E-state index in [0.29, 0.717) is 27.9 Å². The van der Waals surface area contributed by atoms with Gasteiger partial charge in [-0.25, -0.2) is 14.8 Å². The van der Waals surface area contributed by atoms with Crippen LogP contribution in [0, 0.1) is 0 Å². The van der Waals surface area contributed by atoms with E-state index in [-0.39, 0.29) is 0 Å². The molecule has 6 nitrogen and oxygen atoms in total. The van der Waals surface area contributed by atoms with Crippen molar-refractivity contribution in [2.45, 2.75) is 13.0 Å². The fraction of sp³-hybridized carbons (Fsp3) is 0.118. The van der Waals surface area contributed by atoms with Gasteiger partial charge in [0.1, 0.15) is 11.5 Å². The van der Waals surface area contributed by atoms with E-state index < -0.39 is 12.1 Å².